The first-order chi connectivity index (χ1) is 8.17. The van der Waals surface area contributed by atoms with E-state index in [0.717, 1.165) is 5.69 Å². The minimum atomic E-state index is 0.361. The van der Waals surface area contributed by atoms with Crippen LogP contribution in [0.2, 0.25) is 5.15 Å². The van der Waals surface area contributed by atoms with Gasteiger partial charge in [-0.25, -0.2) is 4.98 Å². The van der Waals surface area contributed by atoms with Crippen molar-refractivity contribution < 1.29 is 4.74 Å². The van der Waals surface area contributed by atoms with Gasteiger partial charge in [-0.1, -0.05) is 23.4 Å². The molecular formula is C11H10ClN3OS. The number of rotatable bonds is 3. The lowest BCUT2D eigenvalue weighted by Gasteiger charge is -2.05. The number of halogens is 1. The van der Waals surface area contributed by atoms with Crippen molar-refractivity contribution in [1.29, 1.82) is 0 Å². The van der Waals surface area contributed by atoms with Crippen molar-refractivity contribution in [3.63, 3.8) is 0 Å². The highest BCUT2D eigenvalue weighted by atomic mass is 35.5. The van der Waals surface area contributed by atoms with Crippen LogP contribution in [0, 0.1) is 6.92 Å². The van der Waals surface area contributed by atoms with Gasteiger partial charge in [0.15, 0.2) is 5.16 Å². The van der Waals surface area contributed by atoms with Gasteiger partial charge in [-0.15, -0.1) is 0 Å². The van der Waals surface area contributed by atoms with Crippen LogP contribution in [-0.2, 0) is 0 Å². The van der Waals surface area contributed by atoms with Gasteiger partial charge in [0.05, 0.1) is 6.20 Å². The molecular weight excluding hydrogens is 258 g/mol. The zero-order chi connectivity index (χ0) is 12.3. The Hall–Kier alpha value is -1.33. The number of aromatic nitrogens is 3. The molecule has 2 aromatic heterocycles. The predicted octanol–water partition coefficient (Wildman–Crippen LogP) is 3.35. The minimum Gasteiger partial charge on any atom is -0.437 e. The predicted molar refractivity (Wildman–Crippen MR) is 67.9 cm³/mol. The second-order valence-corrected chi connectivity index (χ2v) is 4.41. The Bertz CT molecular complexity index is 519. The molecule has 0 N–H and O–H groups in total. The molecule has 0 bridgehead atoms. The highest BCUT2D eigenvalue weighted by Crippen LogP contribution is 2.23. The fraction of sp³-hybridized carbons (Fsp3) is 0.182. The Morgan fingerprint density at radius 3 is 2.76 bits per heavy atom. The monoisotopic (exact) mass is 267 g/mol. The summed E-state index contributed by atoms with van der Waals surface area (Å²) in [5.74, 6) is 1.04. The van der Waals surface area contributed by atoms with Crippen molar-refractivity contribution in [2.24, 2.45) is 0 Å². The van der Waals surface area contributed by atoms with Crippen LogP contribution in [0.15, 0.2) is 29.6 Å². The zero-order valence-electron chi connectivity index (χ0n) is 9.35. The molecule has 88 valence electrons. The standard InChI is InChI=1S/C11H10ClN3OS/c1-7-3-4-8(6-13-7)16-10-5-9(12)14-11(15-10)17-2/h3-6H,1-2H3. The molecule has 0 spiro atoms. The van der Waals surface area contributed by atoms with E-state index in [0.29, 0.717) is 21.9 Å². The SMILES string of the molecule is CSc1nc(Cl)cc(Oc2ccc(C)nc2)n1. The molecule has 2 rings (SSSR count). The zero-order valence-corrected chi connectivity index (χ0v) is 10.9. The lowest BCUT2D eigenvalue weighted by Crippen LogP contribution is -1.93. The van der Waals surface area contributed by atoms with Gasteiger partial charge in [0.1, 0.15) is 10.9 Å². The third kappa shape index (κ3) is 3.31. The smallest absolute Gasteiger partial charge is 0.224 e. The molecule has 0 amide bonds. The van der Waals surface area contributed by atoms with Crippen LogP contribution >= 0.6 is 23.4 Å². The number of aryl methyl sites for hydroxylation is 1. The van der Waals surface area contributed by atoms with Crippen LogP contribution in [-0.4, -0.2) is 21.2 Å². The summed E-state index contributed by atoms with van der Waals surface area (Å²) < 4.78 is 5.55. The fourth-order valence-corrected chi connectivity index (χ4v) is 1.75. The summed E-state index contributed by atoms with van der Waals surface area (Å²) in [7, 11) is 0. The Labute approximate surface area is 108 Å². The second kappa shape index (κ2) is 5.33. The fourth-order valence-electron chi connectivity index (χ4n) is 1.16. The summed E-state index contributed by atoms with van der Waals surface area (Å²) >= 11 is 7.27. The maximum absolute atomic E-state index is 5.86. The average Bonchev–Trinajstić information content (AvgIpc) is 2.31. The van der Waals surface area contributed by atoms with E-state index in [-0.39, 0.29) is 0 Å². The quantitative estimate of drug-likeness (QED) is 0.485. The van der Waals surface area contributed by atoms with Gasteiger partial charge in [0.2, 0.25) is 5.88 Å². The molecule has 6 heteroatoms. The number of nitrogens with zero attached hydrogens (tertiary/aromatic N) is 3. The van der Waals surface area contributed by atoms with E-state index in [9.17, 15) is 0 Å². The normalized spacial score (nSPS) is 10.3. The van der Waals surface area contributed by atoms with Gasteiger partial charge < -0.3 is 4.74 Å². The lowest BCUT2D eigenvalue weighted by atomic mass is 10.4. The van der Waals surface area contributed by atoms with E-state index in [4.69, 9.17) is 16.3 Å². The van der Waals surface area contributed by atoms with Crippen LogP contribution in [0.4, 0.5) is 0 Å². The molecule has 17 heavy (non-hydrogen) atoms. The van der Waals surface area contributed by atoms with Crippen molar-refractivity contribution in [3.8, 4) is 11.6 Å². The summed E-state index contributed by atoms with van der Waals surface area (Å²) in [6.07, 6.45) is 3.52. The van der Waals surface area contributed by atoms with E-state index in [2.05, 4.69) is 15.0 Å². The molecule has 0 radical (unpaired) electrons. The molecule has 0 fully saturated rings. The molecule has 0 aliphatic rings. The third-order valence-corrected chi connectivity index (χ3v) is 2.68. The van der Waals surface area contributed by atoms with Crippen molar-refractivity contribution in [1.82, 2.24) is 15.0 Å². The maximum atomic E-state index is 5.86. The minimum absolute atomic E-state index is 0.361. The summed E-state index contributed by atoms with van der Waals surface area (Å²) in [5.41, 5.74) is 0.933. The second-order valence-electron chi connectivity index (χ2n) is 3.25. The summed E-state index contributed by atoms with van der Waals surface area (Å²) in [5, 5.41) is 0.937. The molecule has 0 saturated heterocycles. The third-order valence-electron chi connectivity index (χ3n) is 1.94. The van der Waals surface area contributed by atoms with Crippen LogP contribution < -0.4 is 4.74 Å². The van der Waals surface area contributed by atoms with Crippen molar-refractivity contribution >= 4 is 23.4 Å². The summed E-state index contributed by atoms with van der Waals surface area (Å²) in [4.78, 5) is 12.4. The first-order valence-electron chi connectivity index (χ1n) is 4.86. The molecule has 4 nitrogen and oxygen atoms in total. The highest BCUT2D eigenvalue weighted by Gasteiger charge is 2.04. The molecule has 2 heterocycles. The van der Waals surface area contributed by atoms with E-state index >= 15 is 0 Å². The number of hydrogen-bond acceptors (Lipinski definition) is 5. The first-order valence-corrected chi connectivity index (χ1v) is 6.47. The van der Waals surface area contributed by atoms with Gasteiger partial charge in [-0.05, 0) is 25.3 Å². The molecule has 0 unspecified atom stereocenters. The van der Waals surface area contributed by atoms with E-state index in [1.54, 1.807) is 12.3 Å². The largest absolute Gasteiger partial charge is 0.437 e. The topological polar surface area (TPSA) is 47.9 Å². The molecule has 0 saturated carbocycles. The molecule has 0 aromatic carbocycles. The summed E-state index contributed by atoms with van der Waals surface area (Å²) in [6.45, 7) is 1.91. The molecule has 0 aliphatic carbocycles. The van der Waals surface area contributed by atoms with Gasteiger partial charge in [0.25, 0.3) is 0 Å². The number of hydrogen-bond donors (Lipinski definition) is 0. The van der Waals surface area contributed by atoms with E-state index in [1.165, 1.54) is 11.8 Å². The number of pyridine rings is 1. The van der Waals surface area contributed by atoms with Crippen LogP contribution in [0.25, 0.3) is 0 Å². The van der Waals surface area contributed by atoms with Gasteiger partial charge in [-0.2, -0.15) is 4.98 Å². The van der Waals surface area contributed by atoms with E-state index < -0.39 is 0 Å². The van der Waals surface area contributed by atoms with Crippen molar-refractivity contribution in [2.75, 3.05) is 6.26 Å². The van der Waals surface area contributed by atoms with Crippen LogP contribution in [0.5, 0.6) is 11.6 Å². The number of ether oxygens (including phenoxy) is 1. The van der Waals surface area contributed by atoms with Crippen molar-refractivity contribution in [3.05, 3.63) is 35.2 Å². The Morgan fingerprint density at radius 1 is 1.29 bits per heavy atom. The number of thioether (sulfide) groups is 1. The maximum Gasteiger partial charge on any atom is 0.224 e. The van der Waals surface area contributed by atoms with Gasteiger partial charge >= 0.3 is 0 Å². The van der Waals surface area contributed by atoms with Crippen LogP contribution in [0.3, 0.4) is 0 Å². The highest BCUT2D eigenvalue weighted by molar-refractivity contribution is 7.98. The molecule has 0 atom stereocenters. The van der Waals surface area contributed by atoms with Gasteiger partial charge in [0, 0.05) is 11.8 Å². The average molecular weight is 268 g/mol. The van der Waals surface area contributed by atoms with E-state index in [1.807, 2.05) is 25.3 Å². The Morgan fingerprint density at radius 2 is 2.12 bits per heavy atom. The lowest BCUT2D eigenvalue weighted by molar-refractivity contribution is 0.453. The van der Waals surface area contributed by atoms with Crippen LogP contribution in [0.1, 0.15) is 5.69 Å². The molecule has 2 aromatic rings. The summed E-state index contributed by atoms with van der Waals surface area (Å²) in [6, 6.07) is 5.27. The van der Waals surface area contributed by atoms with Crippen molar-refractivity contribution in [2.45, 2.75) is 12.1 Å². The Balaban J connectivity index is 2.23. The molecule has 0 aliphatic heterocycles. The Kier molecular flexibility index (Phi) is 3.81. The van der Waals surface area contributed by atoms with Gasteiger partial charge in [-0.3, -0.25) is 4.98 Å². The first kappa shape index (κ1) is 12.1.